The fourth-order valence-electron chi connectivity index (χ4n) is 0.988. The van der Waals surface area contributed by atoms with Crippen molar-refractivity contribution in [3.05, 3.63) is 28.3 Å². The number of amides is 1. The molecule has 7 heteroatoms. The lowest BCUT2D eigenvalue weighted by Crippen LogP contribution is -2.23. The van der Waals surface area contributed by atoms with Gasteiger partial charge in [-0.2, -0.15) is 4.98 Å². The Morgan fingerprint density at radius 3 is 3.13 bits per heavy atom. The maximum Gasteiger partial charge on any atom is 0.271 e. The lowest BCUT2D eigenvalue weighted by molar-refractivity contribution is 0.0945. The summed E-state index contributed by atoms with van der Waals surface area (Å²) in [5.41, 5.74) is 2.01. The van der Waals surface area contributed by atoms with Gasteiger partial charge in [-0.15, -0.1) is 11.3 Å². The van der Waals surface area contributed by atoms with E-state index >= 15 is 0 Å². The van der Waals surface area contributed by atoms with Crippen molar-refractivity contribution in [2.24, 2.45) is 0 Å². The first-order valence-electron chi connectivity index (χ1n) is 4.21. The number of nitrogens with zero attached hydrogens (tertiary/aromatic N) is 3. The van der Waals surface area contributed by atoms with Crippen LogP contribution in [0.1, 0.15) is 22.2 Å². The number of thiazole rings is 1. The van der Waals surface area contributed by atoms with Gasteiger partial charge in [-0.05, 0) is 0 Å². The van der Waals surface area contributed by atoms with Crippen LogP contribution in [0.25, 0.3) is 0 Å². The Hall–Kier alpha value is -1.76. The molecule has 0 fully saturated rings. The summed E-state index contributed by atoms with van der Waals surface area (Å²) in [6.07, 6.45) is 0. The summed E-state index contributed by atoms with van der Waals surface area (Å²) < 4.78 is 4.76. The van der Waals surface area contributed by atoms with Crippen LogP contribution >= 0.6 is 11.3 Å². The van der Waals surface area contributed by atoms with Gasteiger partial charge >= 0.3 is 0 Å². The van der Waals surface area contributed by atoms with Gasteiger partial charge in [0.2, 0.25) is 5.89 Å². The lowest BCUT2D eigenvalue weighted by Gasteiger charge is -1.97. The van der Waals surface area contributed by atoms with Gasteiger partial charge in [-0.1, -0.05) is 5.16 Å². The molecule has 0 aliphatic rings. The maximum atomic E-state index is 11.4. The van der Waals surface area contributed by atoms with Crippen LogP contribution < -0.4 is 5.32 Å². The van der Waals surface area contributed by atoms with Crippen LogP contribution in [0.4, 0.5) is 0 Å². The summed E-state index contributed by atoms with van der Waals surface area (Å²) in [6.45, 7) is 1.94. The normalized spacial score (nSPS) is 10.2. The highest BCUT2D eigenvalue weighted by Gasteiger charge is 2.08. The molecule has 2 aromatic heterocycles. The molecule has 2 rings (SSSR count). The molecule has 0 aromatic carbocycles. The topological polar surface area (TPSA) is 80.9 Å². The van der Waals surface area contributed by atoms with E-state index in [0.717, 1.165) is 0 Å². The number of aryl methyl sites for hydroxylation is 1. The molecular weight excluding hydrogens is 216 g/mol. The zero-order valence-corrected chi connectivity index (χ0v) is 8.74. The van der Waals surface area contributed by atoms with Crippen LogP contribution in [-0.4, -0.2) is 21.0 Å². The summed E-state index contributed by atoms with van der Waals surface area (Å²) in [5, 5.41) is 7.96. The van der Waals surface area contributed by atoms with E-state index in [9.17, 15) is 4.79 Å². The number of rotatable bonds is 3. The molecule has 0 spiro atoms. The molecule has 0 atom stereocenters. The van der Waals surface area contributed by atoms with E-state index in [-0.39, 0.29) is 12.5 Å². The number of hydrogen-bond donors (Lipinski definition) is 1. The average molecular weight is 224 g/mol. The second-order valence-electron chi connectivity index (χ2n) is 2.79. The smallest absolute Gasteiger partial charge is 0.271 e. The Morgan fingerprint density at radius 1 is 1.67 bits per heavy atom. The highest BCUT2D eigenvalue weighted by atomic mass is 32.1. The summed E-state index contributed by atoms with van der Waals surface area (Å²) >= 11 is 1.37. The van der Waals surface area contributed by atoms with Crippen molar-refractivity contribution in [1.82, 2.24) is 20.4 Å². The highest BCUT2D eigenvalue weighted by molar-refractivity contribution is 7.07. The molecule has 0 unspecified atom stereocenters. The van der Waals surface area contributed by atoms with Gasteiger partial charge in [-0.25, -0.2) is 4.98 Å². The molecule has 0 saturated carbocycles. The maximum absolute atomic E-state index is 11.4. The molecule has 78 valence electrons. The molecule has 6 nitrogen and oxygen atoms in total. The molecule has 2 aromatic rings. The highest BCUT2D eigenvalue weighted by Crippen LogP contribution is 2.01. The van der Waals surface area contributed by atoms with Crippen LogP contribution in [-0.2, 0) is 6.54 Å². The summed E-state index contributed by atoms with van der Waals surface area (Å²) in [7, 11) is 0. The zero-order valence-electron chi connectivity index (χ0n) is 7.93. The Balaban J connectivity index is 1.91. The molecule has 1 amide bonds. The summed E-state index contributed by atoms with van der Waals surface area (Å²) in [6, 6.07) is 0. The van der Waals surface area contributed by atoms with Crippen LogP contribution in [0.5, 0.6) is 0 Å². The monoisotopic (exact) mass is 224 g/mol. The van der Waals surface area contributed by atoms with Crippen molar-refractivity contribution in [3.8, 4) is 0 Å². The van der Waals surface area contributed by atoms with E-state index in [0.29, 0.717) is 17.4 Å². The number of hydrogen-bond acceptors (Lipinski definition) is 6. The van der Waals surface area contributed by atoms with Gasteiger partial charge in [0, 0.05) is 12.3 Å². The van der Waals surface area contributed by atoms with Gasteiger partial charge in [-0.3, -0.25) is 4.79 Å². The van der Waals surface area contributed by atoms with Crippen molar-refractivity contribution in [2.75, 3.05) is 0 Å². The van der Waals surface area contributed by atoms with Crippen LogP contribution in [0.2, 0.25) is 0 Å². The van der Waals surface area contributed by atoms with Gasteiger partial charge in [0.1, 0.15) is 5.69 Å². The Bertz CT molecular complexity index is 451. The predicted molar refractivity (Wildman–Crippen MR) is 52.3 cm³/mol. The quantitative estimate of drug-likeness (QED) is 0.832. The van der Waals surface area contributed by atoms with E-state index in [1.54, 1.807) is 17.8 Å². The fourth-order valence-corrected chi connectivity index (χ4v) is 1.52. The Morgan fingerprint density at radius 2 is 2.53 bits per heavy atom. The zero-order chi connectivity index (χ0) is 10.7. The number of carbonyl (C=O) groups is 1. The van der Waals surface area contributed by atoms with Crippen molar-refractivity contribution in [2.45, 2.75) is 13.5 Å². The molecular formula is C8H8N4O2S. The minimum atomic E-state index is -0.237. The fraction of sp³-hybridized carbons (Fsp3) is 0.250. The summed E-state index contributed by atoms with van der Waals surface area (Å²) in [5.74, 6) is 0.697. The van der Waals surface area contributed by atoms with Crippen LogP contribution in [0.15, 0.2) is 15.4 Å². The number of carbonyl (C=O) groups excluding carboxylic acids is 1. The first kappa shape index (κ1) is 9.78. The number of nitrogens with one attached hydrogen (secondary N) is 1. The second-order valence-corrected chi connectivity index (χ2v) is 3.50. The summed E-state index contributed by atoms with van der Waals surface area (Å²) in [4.78, 5) is 19.3. The Kier molecular flexibility index (Phi) is 2.72. The molecule has 1 N–H and O–H groups in total. The lowest BCUT2D eigenvalue weighted by atomic mass is 10.4. The van der Waals surface area contributed by atoms with Crippen LogP contribution in [0, 0.1) is 6.92 Å². The molecule has 0 aliphatic carbocycles. The third-order valence-corrected chi connectivity index (χ3v) is 2.23. The minimum absolute atomic E-state index is 0.237. The molecule has 2 heterocycles. The van der Waals surface area contributed by atoms with Gasteiger partial charge in [0.15, 0.2) is 5.82 Å². The Labute approximate surface area is 89.3 Å². The third kappa shape index (κ3) is 2.38. The average Bonchev–Trinajstić information content (AvgIpc) is 2.84. The first-order chi connectivity index (χ1) is 7.25. The largest absolute Gasteiger partial charge is 0.343 e. The molecule has 0 aliphatic heterocycles. The van der Waals surface area contributed by atoms with Gasteiger partial charge in [0.25, 0.3) is 5.91 Å². The third-order valence-electron chi connectivity index (χ3n) is 1.64. The van der Waals surface area contributed by atoms with Crippen molar-refractivity contribution < 1.29 is 9.32 Å². The molecule has 0 radical (unpaired) electrons. The number of aromatic nitrogens is 3. The van der Waals surface area contributed by atoms with Gasteiger partial charge in [0.05, 0.1) is 12.1 Å². The van der Waals surface area contributed by atoms with Crippen molar-refractivity contribution in [3.63, 3.8) is 0 Å². The molecule has 15 heavy (non-hydrogen) atoms. The second kappa shape index (κ2) is 4.18. The SMILES string of the molecule is Cc1nc(CNC(=O)c2cscn2)no1. The van der Waals surface area contributed by atoms with E-state index in [2.05, 4.69) is 20.4 Å². The van der Waals surface area contributed by atoms with Crippen molar-refractivity contribution in [1.29, 1.82) is 0 Å². The molecule has 0 bridgehead atoms. The minimum Gasteiger partial charge on any atom is -0.343 e. The van der Waals surface area contributed by atoms with E-state index in [1.807, 2.05) is 0 Å². The molecule has 0 saturated heterocycles. The van der Waals surface area contributed by atoms with Crippen LogP contribution in [0.3, 0.4) is 0 Å². The van der Waals surface area contributed by atoms with E-state index in [4.69, 9.17) is 4.52 Å². The van der Waals surface area contributed by atoms with Crippen molar-refractivity contribution >= 4 is 17.2 Å². The van der Waals surface area contributed by atoms with E-state index in [1.165, 1.54) is 11.3 Å². The van der Waals surface area contributed by atoms with E-state index < -0.39 is 0 Å². The predicted octanol–water partition coefficient (Wildman–Crippen LogP) is 0.765. The standard InChI is InChI=1S/C8H8N4O2S/c1-5-11-7(12-14-5)2-9-8(13)6-3-15-4-10-6/h3-4H,2H2,1H3,(H,9,13). The first-order valence-corrected chi connectivity index (χ1v) is 5.15. The van der Waals surface area contributed by atoms with Gasteiger partial charge < -0.3 is 9.84 Å².